The number of carbonyl (C=O) groups is 2. The highest BCUT2D eigenvalue weighted by Gasteiger charge is 2.25. The number of nitrogens with zero attached hydrogens (tertiary/aromatic N) is 5. The number of amides is 2. The Balaban J connectivity index is 1.32. The van der Waals surface area contributed by atoms with E-state index < -0.39 is 0 Å². The zero-order valence-corrected chi connectivity index (χ0v) is 18.4. The summed E-state index contributed by atoms with van der Waals surface area (Å²) in [6.45, 7) is 2.77. The highest BCUT2D eigenvalue weighted by molar-refractivity contribution is 9.11. The Morgan fingerprint density at radius 1 is 1.18 bits per heavy atom. The normalized spacial score (nSPS) is 14.5. The fourth-order valence-electron chi connectivity index (χ4n) is 3.03. The number of halogens is 1. The first-order valence-electron chi connectivity index (χ1n) is 8.76. The van der Waals surface area contributed by atoms with Gasteiger partial charge in [0, 0.05) is 39.4 Å². The lowest BCUT2D eigenvalue weighted by Crippen LogP contribution is -2.51. The summed E-state index contributed by atoms with van der Waals surface area (Å²) in [4.78, 5) is 41.0. The van der Waals surface area contributed by atoms with E-state index in [0.717, 1.165) is 32.4 Å². The van der Waals surface area contributed by atoms with Crippen molar-refractivity contribution in [2.24, 2.45) is 0 Å². The number of aromatic nitrogens is 2. The largest absolute Gasteiger partial charge is 0.344 e. The molecule has 1 aliphatic rings. The van der Waals surface area contributed by atoms with E-state index >= 15 is 0 Å². The van der Waals surface area contributed by atoms with Crippen LogP contribution in [-0.2, 0) is 4.79 Å². The van der Waals surface area contributed by atoms with E-state index in [2.05, 4.69) is 30.8 Å². The molecule has 146 valence electrons. The average Bonchev–Trinajstić information content (AvgIpc) is 3.33. The molecular weight excluding hydrogens is 462 g/mol. The third-order valence-corrected chi connectivity index (χ3v) is 7.21. The van der Waals surface area contributed by atoms with E-state index in [9.17, 15) is 9.59 Å². The van der Waals surface area contributed by atoms with Gasteiger partial charge in [0.05, 0.1) is 15.2 Å². The van der Waals surface area contributed by atoms with E-state index in [1.54, 1.807) is 30.6 Å². The summed E-state index contributed by atoms with van der Waals surface area (Å²) in [5.74, 6) is -0.165. The molecule has 0 spiro atoms. The molecule has 4 heterocycles. The van der Waals surface area contributed by atoms with E-state index in [1.165, 1.54) is 16.2 Å². The Hall–Kier alpha value is -2.04. The standard InChI is InChI=1S/C18H18BrN5O2S2/c1-22(17(26)13-4-5-14(19)27-13)11-15(25)23-7-9-24(10-8-23)18-21-12-3-2-6-20-16(12)28-18/h2-6H,7-11H2,1H3. The van der Waals surface area contributed by atoms with Crippen LogP contribution in [0.3, 0.4) is 0 Å². The van der Waals surface area contributed by atoms with Gasteiger partial charge in [0.25, 0.3) is 5.91 Å². The number of rotatable bonds is 4. The Kier molecular flexibility index (Phi) is 5.61. The van der Waals surface area contributed by atoms with Gasteiger partial charge in [-0.2, -0.15) is 0 Å². The molecule has 0 N–H and O–H groups in total. The first-order chi connectivity index (χ1) is 13.5. The molecule has 0 aromatic carbocycles. The first kappa shape index (κ1) is 19.3. The van der Waals surface area contributed by atoms with Gasteiger partial charge in [-0.15, -0.1) is 11.3 Å². The lowest BCUT2D eigenvalue weighted by Gasteiger charge is -2.35. The minimum absolute atomic E-state index is 0.0305. The van der Waals surface area contributed by atoms with Gasteiger partial charge >= 0.3 is 0 Å². The zero-order valence-electron chi connectivity index (χ0n) is 15.2. The summed E-state index contributed by atoms with van der Waals surface area (Å²) < 4.78 is 0.900. The van der Waals surface area contributed by atoms with Crippen LogP contribution in [0.15, 0.2) is 34.2 Å². The molecule has 0 aliphatic carbocycles. The quantitative estimate of drug-likeness (QED) is 0.575. The molecule has 2 amide bonds. The smallest absolute Gasteiger partial charge is 0.264 e. The second kappa shape index (κ2) is 8.14. The van der Waals surface area contributed by atoms with E-state index in [4.69, 9.17) is 0 Å². The van der Waals surface area contributed by atoms with E-state index in [-0.39, 0.29) is 18.4 Å². The van der Waals surface area contributed by atoms with Crippen molar-refractivity contribution < 1.29 is 9.59 Å². The van der Waals surface area contributed by atoms with Crippen molar-refractivity contribution in [2.75, 3.05) is 44.7 Å². The number of likely N-dealkylation sites (N-methyl/N-ethyl adjacent to an activating group) is 1. The molecule has 28 heavy (non-hydrogen) atoms. The molecule has 3 aromatic heterocycles. The van der Waals surface area contributed by atoms with Crippen molar-refractivity contribution in [3.63, 3.8) is 0 Å². The van der Waals surface area contributed by atoms with Gasteiger partial charge in [-0.1, -0.05) is 11.3 Å². The van der Waals surface area contributed by atoms with Gasteiger partial charge in [-0.05, 0) is 40.2 Å². The molecule has 0 saturated carbocycles. The molecular formula is C18H18BrN5O2S2. The lowest BCUT2D eigenvalue weighted by molar-refractivity contribution is -0.131. The monoisotopic (exact) mass is 479 g/mol. The molecule has 1 saturated heterocycles. The number of anilines is 1. The van der Waals surface area contributed by atoms with Crippen molar-refractivity contribution >= 4 is 65.9 Å². The van der Waals surface area contributed by atoms with Crippen LogP contribution in [0.4, 0.5) is 5.13 Å². The molecule has 1 fully saturated rings. The number of carbonyl (C=O) groups excluding carboxylic acids is 2. The molecule has 3 aromatic rings. The number of thiazole rings is 1. The summed E-state index contributed by atoms with van der Waals surface area (Å²) in [6, 6.07) is 7.45. The highest BCUT2D eigenvalue weighted by Crippen LogP contribution is 2.27. The molecule has 7 nitrogen and oxygen atoms in total. The SMILES string of the molecule is CN(CC(=O)N1CCN(c2nc3cccnc3s2)CC1)C(=O)c1ccc(Br)s1. The molecule has 4 rings (SSSR count). The topological polar surface area (TPSA) is 69.6 Å². The van der Waals surface area contributed by atoms with Crippen LogP contribution in [0, 0.1) is 0 Å². The number of hydrogen-bond acceptors (Lipinski definition) is 7. The van der Waals surface area contributed by atoms with E-state index in [0.29, 0.717) is 18.0 Å². The lowest BCUT2D eigenvalue weighted by atomic mass is 10.3. The van der Waals surface area contributed by atoms with Crippen molar-refractivity contribution in [1.82, 2.24) is 19.8 Å². The minimum atomic E-state index is -0.135. The molecule has 0 unspecified atom stereocenters. The predicted octanol–water partition coefficient (Wildman–Crippen LogP) is 2.94. The molecule has 0 bridgehead atoms. The number of thiophene rings is 1. The maximum Gasteiger partial charge on any atom is 0.264 e. The van der Waals surface area contributed by atoms with Crippen LogP contribution >= 0.6 is 38.6 Å². The Labute approximate surface area is 178 Å². The number of hydrogen-bond donors (Lipinski definition) is 0. The average molecular weight is 480 g/mol. The van der Waals surface area contributed by atoms with Crippen LogP contribution in [0.25, 0.3) is 10.3 Å². The van der Waals surface area contributed by atoms with Gasteiger partial charge in [-0.25, -0.2) is 9.97 Å². The number of piperazine rings is 1. The highest BCUT2D eigenvalue weighted by atomic mass is 79.9. The van der Waals surface area contributed by atoms with Crippen molar-refractivity contribution in [2.45, 2.75) is 0 Å². The van der Waals surface area contributed by atoms with Crippen LogP contribution in [-0.4, -0.2) is 71.4 Å². The van der Waals surface area contributed by atoms with E-state index in [1.807, 2.05) is 23.1 Å². The number of fused-ring (bicyclic) bond motifs is 1. The minimum Gasteiger partial charge on any atom is -0.344 e. The summed E-state index contributed by atoms with van der Waals surface area (Å²) in [6.07, 6.45) is 1.77. The van der Waals surface area contributed by atoms with Crippen LogP contribution < -0.4 is 4.90 Å². The van der Waals surface area contributed by atoms with Gasteiger partial charge in [0.2, 0.25) is 5.91 Å². The van der Waals surface area contributed by atoms with Crippen LogP contribution in [0.2, 0.25) is 0 Å². The fourth-order valence-corrected chi connectivity index (χ4v) is 5.37. The first-order valence-corrected chi connectivity index (χ1v) is 11.2. The molecule has 0 atom stereocenters. The van der Waals surface area contributed by atoms with Gasteiger partial charge in [0.1, 0.15) is 10.3 Å². The van der Waals surface area contributed by atoms with Crippen molar-refractivity contribution in [3.05, 3.63) is 39.1 Å². The summed E-state index contributed by atoms with van der Waals surface area (Å²) in [5.41, 5.74) is 0.904. The summed E-state index contributed by atoms with van der Waals surface area (Å²) in [7, 11) is 1.66. The third kappa shape index (κ3) is 4.03. The fraction of sp³-hybridized carbons (Fsp3) is 0.333. The maximum absolute atomic E-state index is 12.6. The summed E-state index contributed by atoms with van der Waals surface area (Å²) >= 11 is 6.30. The zero-order chi connectivity index (χ0) is 19.7. The van der Waals surface area contributed by atoms with Gasteiger partial charge in [0.15, 0.2) is 5.13 Å². The van der Waals surface area contributed by atoms with Crippen LogP contribution in [0.5, 0.6) is 0 Å². The second-order valence-corrected chi connectivity index (χ2v) is 9.88. The predicted molar refractivity (Wildman–Crippen MR) is 115 cm³/mol. The van der Waals surface area contributed by atoms with Gasteiger partial charge < -0.3 is 14.7 Å². The molecule has 1 aliphatic heterocycles. The summed E-state index contributed by atoms with van der Waals surface area (Å²) in [5, 5.41) is 0.941. The molecule has 0 radical (unpaired) electrons. The van der Waals surface area contributed by atoms with Crippen LogP contribution in [0.1, 0.15) is 9.67 Å². The third-order valence-electron chi connectivity index (χ3n) is 4.56. The maximum atomic E-state index is 12.6. The molecule has 10 heteroatoms. The Bertz CT molecular complexity index is 979. The van der Waals surface area contributed by atoms with Crippen molar-refractivity contribution in [3.8, 4) is 0 Å². The second-order valence-electron chi connectivity index (χ2n) is 6.46. The Morgan fingerprint density at radius 2 is 1.96 bits per heavy atom. The Morgan fingerprint density at radius 3 is 2.64 bits per heavy atom. The van der Waals surface area contributed by atoms with Gasteiger partial charge in [-0.3, -0.25) is 9.59 Å². The van der Waals surface area contributed by atoms with Crippen molar-refractivity contribution in [1.29, 1.82) is 0 Å². The number of pyridine rings is 1.